The van der Waals surface area contributed by atoms with Crippen molar-refractivity contribution in [2.75, 3.05) is 13.2 Å². The van der Waals surface area contributed by atoms with Gasteiger partial charge in [0.2, 0.25) is 10.0 Å². The average Bonchev–Trinajstić information content (AvgIpc) is 3.18. The molecule has 2 heterocycles. The maximum atomic E-state index is 12.1. The molecule has 1 N–H and O–H groups in total. The molecule has 2 atom stereocenters. The van der Waals surface area contributed by atoms with Gasteiger partial charge in [-0.1, -0.05) is 30.3 Å². The second-order valence-electron chi connectivity index (χ2n) is 6.06. The van der Waals surface area contributed by atoms with Gasteiger partial charge >= 0.3 is 0 Å². The zero-order chi connectivity index (χ0) is 16.4. The van der Waals surface area contributed by atoms with Crippen molar-refractivity contribution in [3.63, 3.8) is 0 Å². The van der Waals surface area contributed by atoms with E-state index in [-0.39, 0.29) is 12.0 Å². The fourth-order valence-corrected chi connectivity index (χ4v) is 4.34. The molecular formula is C17H21NO3S2. The lowest BCUT2D eigenvalue weighted by Gasteiger charge is -2.21. The number of hydrogen-bond donors (Lipinski definition) is 1. The molecule has 4 nitrogen and oxygen atoms in total. The highest BCUT2D eigenvalue weighted by Gasteiger charge is 2.33. The minimum atomic E-state index is -3.29. The van der Waals surface area contributed by atoms with Crippen LogP contribution in [0.2, 0.25) is 0 Å². The van der Waals surface area contributed by atoms with Crippen molar-refractivity contribution < 1.29 is 13.2 Å². The zero-order valence-electron chi connectivity index (χ0n) is 13.2. The molecule has 2 aromatic rings. The van der Waals surface area contributed by atoms with E-state index in [2.05, 4.69) is 40.4 Å². The Labute approximate surface area is 141 Å². The number of sulfonamides is 1. The Morgan fingerprint density at radius 2 is 1.91 bits per heavy atom. The highest BCUT2D eigenvalue weighted by Crippen LogP contribution is 2.30. The summed E-state index contributed by atoms with van der Waals surface area (Å²) in [5.41, 5.74) is 2.29. The maximum Gasteiger partial charge on any atom is 0.214 e. The Kier molecular flexibility index (Phi) is 4.87. The van der Waals surface area contributed by atoms with E-state index in [1.54, 1.807) is 25.2 Å². The molecule has 1 aromatic heterocycles. The van der Waals surface area contributed by atoms with Crippen LogP contribution in [0.1, 0.15) is 25.3 Å². The molecule has 0 radical (unpaired) electrons. The van der Waals surface area contributed by atoms with Crippen molar-refractivity contribution in [2.24, 2.45) is 0 Å². The van der Waals surface area contributed by atoms with E-state index < -0.39 is 15.3 Å². The summed E-state index contributed by atoms with van der Waals surface area (Å²) < 4.78 is 32.5. The fraction of sp³-hybridized carbons (Fsp3) is 0.412. The Balaban J connectivity index is 1.78. The van der Waals surface area contributed by atoms with Crippen molar-refractivity contribution in [2.45, 2.75) is 31.1 Å². The lowest BCUT2D eigenvalue weighted by molar-refractivity contribution is 0.189. The van der Waals surface area contributed by atoms with Crippen LogP contribution < -0.4 is 4.72 Å². The Bertz CT molecular complexity index is 737. The number of ether oxygens (including phenoxy) is 1. The molecule has 0 spiro atoms. The third kappa shape index (κ3) is 3.66. The van der Waals surface area contributed by atoms with Crippen LogP contribution in [0.15, 0.2) is 41.8 Å². The second-order valence-corrected chi connectivity index (χ2v) is 9.28. The Hall–Kier alpha value is -1.21. The molecule has 23 heavy (non-hydrogen) atoms. The molecular weight excluding hydrogens is 330 g/mol. The molecule has 1 saturated heterocycles. The SMILES string of the molecule is CC(C)S(=O)(=O)N[C@@H]1COC[C@@H]1c1ccc(-c2cccs2)cc1. The predicted molar refractivity (Wildman–Crippen MR) is 94.3 cm³/mol. The zero-order valence-corrected chi connectivity index (χ0v) is 14.9. The minimum Gasteiger partial charge on any atom is -0.379 e. The summed E-state index contributed by atoms with van der Waals surface area (Å²) in [6.07, 6.45) is 0. The van der Waals surface area contributed by atoms with E-state index in [4.69, 9.17) is 4.74 Å². The summed E-state index contributed by atoms with van der Waals surface area (Å²) in [5.74, 6) is 0.0564. The Morgan fingerprint density at radius 3 is 2.52 bits per heavy atom. The van der Waals surface area contributed by atoms with Gasteiger partial charge < -0.3 is 4.74 Å². The van der Waals surface area contributed by atoms with Gasteiger partial charge in [0.25, 0.3) is 0 Å². The van der Waals surface area contributed by atoms with Gasteiger partial charge in [-0.3, -0.25) is 0 Å². The van der Waals surface area contributed by atoms with Crippen LogP contribution in [0, 0.1) is 0 Å². The van der Waals surface area contributed by atoms with E-state index in [9.17, 15) is 8.42 Å². The maximum absolute atomic E-state index is 12.1. The molecule has 6 heteroatoms. The number of hydrogen-bond acceptors (Lipinski definition) is 4. The highest BCUT2D eigenvalue weighted by atomic mass is 32.2. The van der Waals surface area contributed by atoms with Gasteiger partial charge in [-0.2, -0.15) is 0 Å². The minimum absolute atomic E-state index is 0.0564. The second kappa shape index (κ2) is 6.73. The number of thiophene rings is 1. The van der Waals surface area contributed by atoms with Gasteiger partial charge in [-0.15, -0.1) is 11.3 Å². The van der Waals surface area contributed by atoms with Crippen LogP contribution >= 0.6 is 11.3 Å². The van der Waals surface area contributed by atoms with Gasteiger partial charge in [-0.25, -0.2) is 13.1 Å². The molecule has 0 amide bonds. The monoisotopic (exact) mass is 351 g/mol. The van der Waals surface area contributed by atoms with Crippen LogP contribution in [0.3, 0.4) is 0 Å². The normalized spacial score (nSPS) is 21.9. The van der Waals surface area contributed by atoms with E-state index in [1.807, 2.05) is 6.07 Å². The van der Waals surface area contributed by atoms with E-state index >= 15 is 0 Å². The first-order valence-corrected chi connectivity index (χ1v) is 10.1. The first-order valence-electron chi connectivity index (χ1n) is 7.70. The average molecular weight is 351 g/mol. The quantitative estimate of drug-likeness (QED) is 0.900. The molecule has 124 valence electrons. The molecule has 1 fully saturated rings. The lowest BCUT2D eigenvalue weighted by Crippen LogP contribution is -2.42. The van der Waals surface area contributed by atoms with Crippen LogP contribution in [-0.4, -0.2) is 32.9 Å². The molecule has 1 aromatic carbocycles. The molecule has 0 bridgehead atoms. The van der Waals surface area contributed by atoms with Gasteiger partial charge in [0, 0.05) is 10.8 Å². The number of rotatable bonds is 5. The van der Waals surface area contributed by atoms with Gasteiger partial charge in [0.15, 0.2) is 0 Å². The first-order chi connectivity index (χ1) is 11.0. The molecule has 0 saturated carbocycles. The summed E-state index contributed by atoms with van der Waals surface area (Å²) in [6.45, 7) is 4.33. The molecule has 3 rings (SSSR count). The van der Waals surface area contributed by atoms with Crippen molar-refractivity contribution in [3.05, 3.63) is 47.3 Å². The third-order valence-corrected chi connectivity index (χ3v) is 6.95. The lowest BCUT2D eigenvalue weighted by atomic mass is 9.94. The van der Waals surface area contributed by atoms with Gasteiger partial charge in [0.1, 0.15) is 0 Å². The topological polar surface area (TPSA) is 55.4 Å². The van der Waals surface area contributed by atoms with Crippen LogP contribution in [0.5, 0.6) is 0 Å². The largest absolute Gasteiger partial charge is 0.379 e. The smallest absolute Gasteiger partial charge is 0.214 e. The van der Waals surface area contributed by atoms with Crippen molar-refractivity contribution in [3.8, 4) is 10.4 Å². The Morgan fingerprint density at radius 1 is 1.17 bits per heavy atom. The molecule has 0 unspecified atom stereocenters. The third-order valence-electron chi connectivity index (χ3n) is 4.16. The summed E-state index contributed by atoms with van der Waals surface area (Å²) in [5, 5.41) is 1.62. The summed E-state index contributed by atoms with van der Waals surface area (Å²) in [4.78, 5) is 1.23. The van der Waals surface area contributed by atoms with E-state index in [1.165, 1.54) is 10.4 Å². The molecule has 0 aliphatic carbocycles. The summed E-state index contributed by atoms with van der Waals surface area (Å²) >= 11 is 1.71. The van der Waals surface area contributed by atoms with E-state index in [0.29, 0.717) is 13.2 Å². The first kappa shape index (κ1) is 16.6. The van der Waals surface area contributed by atoms with Gasteiger partial charge in [0.05, 0.1) is 24.5 Å². The fourth-order valence-electron chi connectivity index (χ4n) is 2.68. The van der Waals surface area contributed by atoms with Crippen molar-refractivity contribution in [1.29, 1.82) is 0 Å². The molecule has 1 aliphatic rings. The summed E-state index contributed by atoms with van der Waals surface area (Å²) in [7, 11) is -3.29. The van der Waals surface area contributed by atoms with E-state index in [0.717, 1.165) is 5.56 Å². The number of nitrogens with one attached hydrogen (secondary N) is 1. The molecule has 1 aliphatic heterocycles. The summed E-state index contributed by atoms with van der Waals surface area (Å²) in [6, 6.07) is 12.3. The predicted octanol–water partition coefficient (Wildman–Crippen LogP) is 3.23. The standard InChI is InChI=1S/C17H21NO3S2/c1-12(2)23(19,20)18-16-11-21-10-15(16)13-5-7-14(8-6-13)17-4-3-9-22-17/h3-9,12,15-16,18H,10-11H2,1-2H3/t15-,16-/m1/s1. The van der Waals surface area contributed by atoms with Crippen LogP contribution in [0.25, 0.3) is 10.4 Å². The highest BCUT2D eigenvalue weighted by molar-refractivity contribution is 7.90. The number of benzene rings is 1. The van der Waals surface area contributed by atoms with Crippen molar-refractivity contribution in [1.82, 2.24) is 4.72 Å². The van der Waals surface area contributed by atoms with Crippen LogP contribution in [0.4, 0.5) is 0 Å². The van der Waals surface area contributed by atoms with Crippen LogP contribution in [-0.2, 0) is 14.8 Å². The van der Waals surface area contributed by atoms with Crippen molar-refractivity contribution >= 4 is 21.4 Å². The van der Waals surface area contributed by atoms with Gasteiger partial charge in [-0.05, 0) is 36.4 Å².